The zero-order valence-corrected chi connectivity index (χ0v) is 15.0. The summed E-state index contributed by atoms with van der Waals surface area (Å²) in [5, 5.41) is 4.18. The molecule has 1 aromatic heterocycles. The highest BCUT2D eigenvalue weighted by Crippen LogP contribution is 2.13. The van der Waals surface area contributed by atoms with Crippen molar-refractivity contribution in [3.63, 3.8) is 0 Å². The van der Waals surface area contributed by atoms with E-state index in [2.05, 4.69) is 15.5 Å². The SMILES string of the molecule is CCOc1ccc(/C(C)=N\NC(=O)CCn2cnc3ccccc32)cc1. The largest absolute Gasteiger partial charge is 0.494 e. The van der Waals surface area contributed by atoms with Gasteiger partial charge in [-0.05, 0) is 55.8 Å². The van der Waals surface area contributed by atoms with E-state index in [1.165, 1.54) is 0 Å². The molecule has 0 aliphatic heterocycles. The molecule has 6 nitrogen and oxygen atoms in total. The van der Waals surface area contributed by atoms with E-state index in [4.69, 9.17) is 4.74 Å². The number of nitrogens with one attached hydrogen (secondary N) is 1. The van der Waals surface area contributed by atoms with Crippen molar-refractivity contribution in [2.45, 2.75) is 26.8 Å². The zero-order chi connectivity index (χ0) is 18.4. The number of nitrogens with zero attached hydrogens (tertiary/aromatic N) is 3. The van der Waals surface area contributed by atoms with Gasteiger partial charge in [0, 0.05) is 13.0 Å². The average Bonchev–Trinajstić information content (AvgIpc) is 3.08. The van der Waals surface area contributed by atoms with Crippen LogP contribution in [0.15, 0.2) is 60.0 Å². The van der Waals surface area contributed by atoms with E-state index in [-0.39, 0.29) is 5.91 Å². The van der Waals surface area contributed by atoms with Gasteiger partial charge in [-0.3, -0.25) is 4.79 Å². The maximum atomic E-state index is 12.1. The first kappa shape index (κ1) is 17.7. The molecule has 0 spiro atoms. The lowest BCUT2D eigenvalue weighted by molar-refractivity contribution is -0.121. The van der Waals surface area contributed by atoms with Crippen molar-refractivity contribution >= 4 is 22.7 Å². The number of carbonyl (C=O) groups is 1. The van der Waals surface area contributed by atoms with Crippen LogP contribution in [-0.4, -0.2) is 27.8 Å². The third-order valence-corrected chi connectivity index (χ3v) is 4.04. The molecule has 6 heteroatoms. The molecule has 3 aromatic rings. The third-order valence-electron chi connectivity index (χ3n) is 4.04. The summed E-state index contributed by atoms with van der Waals surface area (Å²) < 4.78 is 7.39. The molecule has 0 atom stereocenters. The second-order valence-electron chi connectivity index (χ2n) is 5.87. The van der Waals surface area contributed by atoms with E-state index >= 15 is 0 Å². The minimum absolute atomic E-state index is 0.131. The number of para-hydroxylation sites is 2. The molecule has 0 aliphatic rings. The van der Waals surface area contributed by atoms with Crippen molar-refractivity contribution in [3.05, 3.63) is 60.4 Å². The van der Waals surface area contributed by atoms with Gasteiger partial charge in [0.25, 0.3) is 0 Å². The topological polar surface area (TPSA) is 68.5 Å². The van der Waals surface area contributed by atoms with Crippen LogP contribution in [-0.2, 0) is 11.3 Å². The molecule has 0 bridgehead atoms. The van der Waals surface area contributed by atoms with Crippen LogP contribution in [0.1, 0.15) is 25.8 Å². The highest BCUT2D eigenvalue weighted by atomic mass is 16.5. The van der Waals surface area contributed by atoms with Crippen molar-refractivity contribution in [2.75, 3.05) is 6.61 Å². The fourth-order valence-electron chi connectivity index (χ4n) is 2.64. The maximum Gasteiger partial charge on any atom is 0.241 e. The highest BCUT2D eigenvalue weighted by molar-refractivity contribution is 5.99. The van der Waals surface area contributed by atoms with Crippen LogP contribution < -0.4 is 10.2 Å². The van der Waals surface area contributed by atoms with Crippen molar-refractivity contribution in [2.24, 2.45) is 5.10 Å². The van der Waals surface area contributed by atoms with Crippen LogP contribution >= 0.6 is 0 Å². The Morgan fingerprint density at radius 2 is 1.96 bits per heavy atom. The second-order valence-corrected chi connectivity index (χ2v) is 5.87. The molecular weight excluding hydrogens is 328 g/mol. The van der Waals surface area contributed by atoms with Gasteiger partial charge in [0.2, 0.25) is 5.91 Å². The minimum atomic E-state index is -0.131. The Morgan fingerprint density at radius 3 is 2.73 bits per heavy atom. The maximum absolute atomic E-state index is 12.1. The van der Waals surface area contributed by atoms with Gasteiger partial charge in [-0.1, -0.05) is 12.1 Å². The summed E-state index contributed by atoms with van der Waals surface area (Å²) in [5.74, 6) is 0.689. The number of amides is 1. The lowest BCUT2D eigenvalue weighted by Crippen LogP contribution is -2.20. The number of rotatable bonds is 7. The first-order chi connectivity index (χ1) is 12.7. The molecule has 0 fully saturated rings. The van der Waals surface area contributed by atoms with E-state index in [9.17, 15) is 4.79 Å². The predicted octanol–water partition coefficient (Wildman–Crippen LogP) is 3.37. The number of imidazole rings is 1. The smallest absolute Gasteiger partial charge is 0.241 e. The second kappa shape index (κ2) is 8.29. The summed E-state index contributed by atoms with van der Waals surface area (Å²) in [5.41, 5.74) is 6.25. The van der Waals surface area contributed by atoms with Crippen LogP contribution in [0.5, 0.6) is 5.75 Å². The summed E-state index contributed by atoms with van der Waals surface area (Å²) >= 11 is 0. The molecule has 1 heterocycles. The van der Waals surface area contributed by atoms with Gasteiger partial charge in [-0.2, -0.15) is 5.10 Å². The van der Waals surface area contributed by atoms with Crippen LogP contribution in [0.2, 0.25) is 0 Å². The molecule has 3 rings (SSSR count). The van der Waals surface area contributed by atoms with Crippen molar-refractivity contribution in [1.82, 2.24) is 15.0 Å². The first-order valence-electron chi connectivity index (χ1n) is 8.63. The number of aryl methyl sites for hydroxylation is 1. The Kier molecular flexibility index (Phi) is 5.63. The summed E-state index contributed by atoms with van der Waals surface area (Å²) in [6, 6.07) is 15.5. The standard InChI is InChI=1S/C20H22N4O2/c1-3-26-17-10-8-16(9-11-17)15(2)22-23-20(25)12-13-24-14-21-18-6-4-5-7-19(18)24/h4-11,14H,3,12-13H2,1-2H3,(H,23,25)/b22-15-. The van der Waals surface area contributed by atoms with Crippen molar-refractivity contribution < 1.29 is 9.53 Å². The summed E-state index contributed by atoms with van der Waals surface area (Å²) in [7, 11) is 0. The summed E-state index contributed by atoms with van der Waals surface area (Å²) in [6.07, 6.45) is 2.09. The van der Waals surface area contributed by atoms with Crippen LogP contribution in [0.3, 0.4) is 0 Å². The minimum Gasteiger partial charge on any atom is -0.494 e. The summed E-state index contributed by atoms with van der Waals surface area (Å²) in [4.78, 5) is 16.4. The van der Waals surface area contributed by atoms with Gasteiger partial charge in [0.1, 0.15) is 5.75 Å². The fraction of sp³-hybridized carbons (Fsp3) is 0.250. The van der Waals surface area contributed by atoms with Gasteiger partial charge in [0.15, 0.2) is 0 Å². The molecule has 0 saturated carbocycles. The lowest BCUT2D eigenvalue weighted by Gasteiger charge is -2.06. The molecule has 0 aliphatic carbocycles. The number of carbonyl (C=O) groups excluding carboxylic acids is 1. The molecule has 0 unspecified atom stereocenters. The summed E-state index contributed by atoms with van der Waals surface area (Å²) in [6.45, 7) is 5.00. The Balaban J connectivity index is 1.55. The van der Waals surface area contributed by atoms with Crippen molar-refractivity contribution in [1.29, 1.82) is 0 Å². The van der Waals surface area contributed by atoms with E-state index in [0.29, 0.717) is 19.6 Å². The Bertz CT molecular complexity index is 913. The molecule has 26 heavy (non-hydrogen) atoms. The molecule has 0 saturated heterocycles. The van der Waals surface area contributed by atoms with Crippen LogP contribution in [0.4, 0.5) is 0 Å². The van der Waals surface area contributed by atoms with Crippen LogP contribution in [0, 0.1) is 0 Å². The zero-order valence-electron chi connectivity index (χ0n) is 15.0. The van der Waals surface area contributed by atoms with E-state index in [1.807, 2.05) is 66.9 Å². The lowest BCUT2D eigenvalue weighted by atomic mass is 10.1. The third kappa shape index (κ3) is 4.27. The quantitative estimate of drug-likeness (QED) is 0.525. The van der Waals surface area contributed by atoms with Gasteiger partial charge in [-0.15, -0.1) is 0 Å². The number of fused-ring (bicyclic) bond motifs is 1. The van der Waals surface area contributed by atoms with Crippen LogP contribution in [0.25, 0.3) is 11.0 Å². The highest BCUT2D eigenvalue weighted by Gasteiger charge is 2.05. The first-order valence-corrected chi connectivity index (χ1v) is 8.63. The van der Waals surface area contributed by atoms with Gasteiger partial charge >= 0.3 is 0 Å². The number of hydrogen-bond acceptors (Lipinski definition) is 4. The number of hydrogen-bond donors (Lipinski definition) is 1. The Labute approximate surface area is 152 Å². The normalized spacial score (nSPS) is 11.5. The number of hydrazone groups is 1. The predicted molar refractivity (Wildman–Crippen MR) is 102 cm³/mol. The monoisotopic (exact) mass is 350 g/mol. The van der Waals surface area contributed by atoms with E-state index in [0.717, 1.165) is 28.1 Å². The molecular formula is C20H22N4O2. The Morgan fingerprint density at radius 1 is 1.19 bits per heavy atom. The molecule has 1 amide bonds. The Hall–Kier alpha value is -3.15. The van der Waals surface area contributed by atoms with Gasteiger partial charge < -0.3 is 9.30 Å². The van der Waals surface area contributed by atoms with E-state index in [1.54, 1.807) is 6.33 Å². The molecule has 2 aromatic carbocycles. The average molecular weight is 350 g/mol. The molecule has 1 N–H and O–H groups in total. The van der Waals surface area contributed by atoms with Gasteiger partial charge in [-0.25, -0.2) is 10.4 Å². The van der Waals surface area contributed by atoms with Crippen molar-refractivity contribution in [3.8, 4) is 5.75 Å². The number of aromatic nitrogens is 2. The van der Waals surface area contributed by atoms with Gasteiger partial charge in [0.05, 0.1) is 29.7 Å². The molecule has 0 radical (unpaired) electrons. The molecule has 134 valence electrons. The van der Waals surface area contributed by atoms with E-state index < -0.39 is 0 Å². The number of benzene rings is 2. The fourth-order valence-corrected chi connectivity index (χ4v) is 2.64. The number of ether oxygens (including phenoxy) is 1.